The molecule has 4 aromatic rings. The Morgan fingerprint density at radius 3 is 2.45 bits per heavy atom. The van der Waals surface area contributed by atoms with Crippen molar-refractivity contribution in [3.05, 3.63) is 101 Å². The predicted octanol–water partition coefficient (Wildman–Crippen LogP) is 5.49. The van der Waals surface area contributed by atoms with Crippen LogP contribution in [0.25, 0.3) is 10.9 Å². The highest BCUT2D eigenvalue weighted by atomic mass is 16.2. The predicted molar refractivity (Wildman–Crippen MR) is 147 cm³/mol. The Morgan fingerprint density at radius 1 is 1.03 bits per heavy atom. The standard InChI is InChI=1S/C31H30N4O3/c1-4-19(3)32-29(36)21-13-15-22(16-14-21)34-30(37)26-17-24-23-7-5-6-8-25(23)33-27(24)28(35(26)31(34)38)20-11-9-18(2)10-12-20/h5-16,19,26,28,33H,4,17H2,1-3H3,(H,32,36)/t19-,26-,28-/m0/s1. The summed E-state index contributed by atoms with van der Waals surface area (Å²) in [6.45, 7) is 5.99. The van der Waals surface area contributed by atoms with Gasteiger partial charge in [-0.15, -0.1) is 0 Å². The fraction of sp³-hybridized carbons (Fsp3) is 0.258. The van der Waals surface area contributed by atoms with Gasteiger partial charge in [0.25, 0.3) is 11.8 Å². The summed E-state index contributed by atoms with van der Waals surface area (Å²) in [5.41, 5.74) is 6.06. The molecule has 3 atom stereocenters. The molecule has 1 aromatic heterocycles. The Bertz CT molecular complexity index is 1550. The quantitative estimate of drug-likeness (QED) is 0.351. The van der Waals surface area contributed by atoms with Crippen LogP contribution >= 0.6 is 0 Å². The summed E-state index contributed by atoms with van der Waals surface area (Å²) in [6, 6.07) is 21.6. The van der Waals surface area contributed by atoms with Gasteiger partial charge < -0.3 is 10.3 Å². The molecule has 1 saturated heterocycles. The van der Waals surface area contributed by atoms with Crippen LogP contribution in [-0.4, -0.2) is 39.8 Å². The number of urea groups is 1. The average Bonchev–Trinajstić information content (AvgIpc) is 3.42. The number of benzene rings is 3. The maximum atomic E-state index is 14.0. The molecule has 0 aliphatic carbocycles. The van der Waals surface area contributed by atoms with Gasteiger partial charge in [-0.3, -0.25) is 14.5 Å². The third-order valence-corrected chi connectivity index (χ3v) is 7.82. The first-order valence-corrected chi connectivity index (χ1v) is 13.1. The third-order valence-electron chi connectivity index (χ3n) is 7.82. The van der Waals surface area contributed by atoms with E-state index in [0.717, 1.165) is 39.7 Å². The molecule has 0 spiro atoms. The van der Waals surface area contributed by atoms with E-state index in [0.29, 0.717) is 17.7 Å². The van der Waals surface area contributed by atoms with Crippen LogP contribution in [0.15, 0.2) is 72.8 Å². The van der Waals surface area contributed by atoms with Crippen molar-refractivity contribution < 1.29 is 14.4 Å². The Balaban J connectivity index is 1.39. The first-order chi connectivity index (χ1) is 18.4. The Morgan fingerprint density at radius 2 is 1.74 bits per heavy atom. The lowest BCUT2D eigenvalue weighted by molar-refractivity contribution is -0.120. The number of imide groups is 1. The zero-order chi connectivity index (χ0) is 26.6. The minimum Gasteiger partial charge on any atom is -0.356 e. The van der Waals surface area contributed by atoms with Crippen molar-refractivity contribution in [3.63, 3.8) is 0 Å². The summed E-state index contributed by atoms with van der Waals surface area (Å²) in [4.78, 5) is 46.9. The molecular weight excluding hydrogens is 476 g/mol. The number of amides is 4. The molecule has 4 amide bonds. The Kier molecular flexibility index (Phi) is 5.79. The van der Waals surface area contributed by atoms with Gasteiger partial charge in [0, 0.05) is 34.6 Å². The highest BCUT2D eigenvalue weighted by Crippen LogP contribution is 2.44. The first-order valence-electron chi connectivity index (χ1n) is 13.1. The molecule has 2 aliphatic heterocycles. The number of rotatable bonds is 5. The normalized spacial score (nSPS) is 19.4. The highest BCUT2D eigenvalue weighted by molar-refractivity contribution is 6.22. The van der Waals surface area contributed by atoms with Crippen LogP contribution in [0.3, 0.4) is 0 Å². The van der Waals surface area contributed by atoms with Crippen molar-refractivity contribution in [3.8, 4) is 0 Å². The molecule has 3 aromatic carbocycles. The Labute approximate surface area is 221 Å². The zero-order valence-electron chi connectivity index (χ0n) is 21.7. The zero-order valence-corrected chi connectivity index (χ0v) is 21.7. The monoisotopic (exact) mass is 506 g/mol. The second-order valence-electron chi connectivity index (χ2n) is 10.3. The van der Waals surface area contributed by atoms with Gasteiger partial charge in [0.05, 0.1) is 5.69 Å². The van der Waals surface area contributed by atoms with Gasteiger partial charge >= 0.3 is 6.03 Å². The molecule has 2 N–H and O–H groups in total. The molecule has 1 fully saturated rings. The van der Waals surface area contributed by atoms with E-state index in [-0.39, 0.29) is 23.9 Å². The number of aromatic amines is 1. The number of hydrogen-bond acceptors (Lipinski definition) is 3. The van der Waals surface area contributed by atoms with Gasteiger partial charge in [0.15, 0.2) is 0 Å². The molecule has 192 valence electrons. The molecule has 2 aliphatic rings. The van der Waals surface area contributed by atoms with Crippen molar-refractivity contribution in [2.45, 2.75) is 51.7 Å². The van der Waals surface area contributed by atoms with Crippen LogP contribution in [-0.2, 0) is 11.2 Å². The topological polar surface area (TPSA) is 85.5 Å². The molecule has 6 rings (SSSR count). The van der Waals surface area contributed by atoms with E-state index in [1.807, 2.05) is 63.2 Å². The van der Waals surface area contributed by atoms with E-state index in [4.69, 9.17) is 0 Å². The second-order valence-corrected chi connectivity index (χ2v) is 10.3. The summed E-state index contributed by atoms with van der Waals surface area (Å²) in [6.07, 6.45) is 1.27. The van der Waals surface area contributed by atoms with Gasteiger partial charge in [0.2, 0.25) is 0 Å². The number of carbonyl (C=O) groups excluding carboxylic acids is 3. The molecule has 0 bridgehead atoms. The Hall–Kier alpha value is -4.39. The lowest BCUT2D eigenvalue weighted by Gasteiger charge is -2.36. The number of carbonyl (C=O) groups is 3. The van der Waals surface area contributed by atoms with Crippen LogP contribution in [0.4, 0.5) is 10.5 Å². The summed E-state index contributed by atoms with van der Waals surface area (Å²) >= 11 is 0. The number of aryl methyl sites for hydroxylation is 1. The summed E-state index contributed by atoms with van der Waals surface area (Å²) in [5.74, 6) is -0.424. The van der Waals surface area contributed by atoms with E-state index in [1.165, 1.54) is 4.90 Å². The van der Waals surface area contributed by atoms with Crippen molar-refractivity contribution in [2.75, 3.05) is 4.90 Å². The van der Waals surface area contributed by atoms with Crippen LogP contribution in [0, 0.1) is 6.92 Å². The van der Waals surface area contributed by atoms with Crippen LogP contribution in [0.1, 0.15) is 59.1 Å². The number of H-pyrrole nitrogens is 1. The van der Waals surface area contributed by atoms with Gasteiger partial charge in [-0.25, -0.2) is 9.69 Å². The van der Waals surface area contributed by atoms with E-state index in [9.17, 15) is 14.4 Å². The van der Waals surface area contributed by atoms with E-state index >= 15 is 0 Å². The van der Waals surface area contributed by atoms with Gasteiger partial charge in [-0.05, 0) is 61.7 Å². The molecule has 0 radical (unpaired) electrons. The number of aromatic nitrogens is 1. The lowest BCUT2D eigenvalue weighted by atomic mass is 9.88. The van der Waals surface area contributed by atoms with Gasteiger partial charge in [0.1, 0.15) is 12.1 Å². The fourth-order valence-electron chi connectivity index (χ4n) is 5.58. The van der Waals surface area contributed by atoms with Crippen molar-refractivity contribution in [1.29, 1.82) is 0 Å². The fourth-order valence-corrected chi connectivity index (χ4v) is 5.58. The number of nitrogens with zero attached hydrogens (tertiary/aromatic N) is 2. The second kappa shape index (κ2) is 9.17. The molecular formula is C31H30N4O3. The van der Waals surface area contributed by atoms with E-state index in [1.54, 1.807) is 29.2 Å². The van der Waals surface area contributed by atoms with Crippen LogP contribution < -0.4 is 10.2 Å². The molecule has 0 unspecified atom stereocenters. The minimum atomic E-state index is -0.617. The smallest absolute Gasteiger partial charge is 0.332 e. The number of hydrogen-bond donors (Lipinski definition) is 2. The number of para-hydroxylation sites is 1. The summed E-state index contributed by atoms with van der Waals surface area (Å²) in [5, 5.41) is 4.02. The number of nitrogens with one attached hydrogen (secondary N) is 2. The van der Waals surface area contributed by atoms with E-state index < -0.39 is 12.1 Å². The van der Waals surface area contributed by atoms with E-state index in [2.05, 4.69) is 16.4 Å². The molecule has 38 heavy (non-hydrogen) atoms. The number of anilines is 1. The lowest BCUT2D eigenvalue weighted by Crippen LogP contribution is -2.44. The molecule has 7 nitrogen and oxygen atoms in total. The number of fused-ring (bicyclic) bond motifs is 4. The highest BCUT2D eigenvalue weighted by Gasteiger charge is 2.53. The van der Waals surface area contributed by atoms with Crippen LogP contribution in [0.2, 0.25) is 0 Å². The first kappa shape index (κ1) is 24.0. The van der Waals surface area contributed by atoms with Crippen molar-refractivity contribution in [2.24, 2.45) is 0 Å². The van der Waals surface area contributed by atoms with Crippen molar-refractivity contribution >= 4 is 34.4 Å². The van der Waals surface area contributed by atoms with Gasteiger partial charge in [-0.2, -0.15) is 0 Å². The van der Waals surface area contributed by atoms with Gasteiger partial charge in [-0.1, -0.05) is 55.0 Å². The third kappa shape index (κ3) is 3.77. The maximum Gasteiger partial charge on any atom is 0.332 e. The molecule has 0 saturated carbocycles. The maximum absolute atomic E-state index is 14.0. The SMILES string of the molecule is CC[C@H](C)NC(=O)c1ccc(N2C(=O)[C@@H]3Cc4c([nH]c5ccccc45)[C@H](c4ccc(C)cc4)N3C2=O)cc1. The molecule has 3 heterocycles. The van der Waals surface area contributed by atoms with Crippen molar-refractivity contribution in [1.82, 2.24) is 15.2 Å². The largest absolute Gasteiger partial charge is 0.356 e. The average molecular weight is 507 g/mol. The molecule has 7 heteroatoms. The van der Waals surface area contributed by atoms with Crippen LogP contribution in [0.5, 0.6) is 0 Å². The summed E-state index contributed by atoms with van der Waals surface area (Å²) < 4.78 is 0. The summed E-state index contributed by atoms with van der Waals surface area (Å²) in [7, 11) is 0. The minimum absolute atomic E-state index is 0.0618.